The highest BCUT2D eigenvalue weighted by atomic mass is 14.8. The van der Waals surface area contributed by atoms with E-state index in [2.05, 4.69) is 56.4 Å². The van der Waals surface area contributed by atoms with E-state index < -0.39 is 0 Å². The van der Waals surface area contributed by atoms with Gasteiger partial charge in [-0.25, -0.2) is 0 Å². The number of nitrogens with one attached hydrogen (secondary N) is 1. The second-order valence-electron chi connectivity index (χ2n) is 7.00. The normalized spacial score (nSPS) is 14.0. The molecule has 1 heteroatoms. The molecule has 0 unspecified atom stereocenters. The van der Waals surface area contributed by atoms with Gasteiger partial charge in [-0.3, -0.25) is 0 Å². The summed E-state index contributed by atoms with van der Waals surface area (Å²) in [5.74, 6) is 0. The summed E-state index contributed by atoms with van der Waals surface area (Å²) in [5.41, 5.74) is 4.83. The highest BCUT2D eigenvalue weighted by Crippen LogP contribution is 2.38. The van der Waals surface area contributed by atoms with Gasteiger partial charge in [-0.2, -0.15) is 0 Å². The highest BCUT2D eigenvalue weighted by molar-refractivity contribution is 5.93. The Bertz CT molecular complexity index is 629. The molecule has 1 N–H and O–H groups in total. The van der Waals surface area contributed by atoms with Crippen molar-refractivity contribution in [3.05, 3.63) is 47.0 Å². The summed E-state index contributed by atoms with van der Waals surface area (Å²) in [6.07, 6.45) is 4.83. The Hall–Kier alpha value is -1.34. The third kappa shape index (κ3) is 2.72. The van der Waals surface area contributed by atoms with Crippen LogP contribution in [0, 0.1) is 0 Å². The zero-order chi connectivity index (χ0) is 14.9. The van der Waals surface area contributed by atoms with E-state index in [0.29, 0.717) is 0 Å². The summed E-state index contributed by atoms with van der Waals surface area (Å²) < 4.78 is 0. The molecule has 21 heavy (non-hydrogen) atoms. The van der Waals surface area contributed by atoms with Crippen LogP contribution in [-0.4, -0.2) is 13.1 Å². The van der Waals surface area contributed by atoms with Gasteiger partial charge >= 0.3 is 0 Å². The number of aryl methyl sites for hydroxylation is 2. The molecule has 0 radical (unpaired) electrons. The molecule has 0 aliphatic heterocycles. The SMILES string of the molecule is CCCNCCC(C)(C)c1ccc2c3c(cccc13)CC2. The van der Waals surface area contributed by atoms with Crippen molar-refractivity contribution in [2.75, 3.05) is 13.1 Å². The van der Waals surface area contributed by atoms with Gasteiger partial charge in [0.15, 0.2) is 0 Å². The fourth-order valence-corrected chi connectivity index (χ4v) is 3.67. The first-order valence-corrected chi connectivity index (χ1v) is 8.38. The smallest absolute Gasteiger partial charge is 0.00406 e. The van der Waals surface area contributed by atoms with Crippen molar-refractivity contribution in [1.29, 1.82) is 0 Å². The Labute approximate surface area is 128 Å². The van der Waals surface area contributed by atoms with Crippen LogP contribution in [0.3, 0.4) is 0 Å². The van der Waals surface area contributed by atoms with Crippen LogP contribution in [0.4, 0.5) is 0 Å². The summed E-state index contributed by atoms with van der Waals surface area (Å²) >= 11 is 0. The lowest BCUT2D eigenvalue weighted by molar-refractivity contribution is 0.460. The molecular formula is C20H27N. The van der Waals surface area contributed by atoms with Crippen molar-refractivity contribution in [2.24, 2.45) is 0 Å². The van der Waals surface area contributed by atoms with Gasteiger partial charge < -0.3 is 5.32 Å². The van der Waals surface area contributed by atoms with E-state index in [1.807, 2.05) is 0 Å². The Morgan fingerprint density at radius 3 is 2.52 bits per heavy atom. The summed E-state index contributed by atoms with van der Waals surface area (Å²) in [5, 5.41) is 6.58. The van der Waals surface area contributed by atoms with Crippen molar-refractivity contribution in [3.63, 3.8) is 0 Å². The predicted octanol–water partition coefficient (Wildman–Crippen LogP) is 4.61. The number of hydrogen-bond acceptors (Lipinski definition) is 1. The van der Waals surface area contributed by atoms with E-state index >= 15 is 0 Å². The highest BCUT2D eigenvalue weighted by Gasteiger charge is 2.25. The Morgan fingerprint density at radius 1 is 1.00 bits per heavy atom. The van der Waals surface area contributed by atoms with Crippen molar-refractivity contribution in [2.45, 2.75) is 51.9 Å². The van der Waals surface area contributed by atoms with Crippen LogP contribution in [0.5, 0.6) is 0 Å². The van der Waals surface area contributed by atoms with Gasteiger partial charge in [-0.1, -0.05) is 51.1 Å². The molecule has 0 saturated carbocycles. The number of rotatable bonds is 6. The molecular weight excluding hydrogens is 254 g/mol. The number of hydrogen-bond donors (Lipinski definition) is 1. The molecule has 3 rings (SSSR count). The van der Waals surface area contributed by atoms with Crippen LogP contribution in [0.15, 0.2) is 30.3 Å². The van der Waals surface area contributed by atoms with Gasteiger partial charge in [0.05, 0.1) is 0 Å². The quantitative estimate of drug-likeness (QED) is 0.763. The minimum absolute atomic E-state index is 0.223. The van der Waals surface area contributed by atoms with E-state index in [9.17, 15) is 0 Å². The molecule has 0 spiro atoms. The fourth-order valence-electron chi connectivity index (χ4n) is 3.67. The molecule has 0 saturated heterocycles. The summed E-state index contributed by atoms with van der Waals surface area (Å²) in [6, 6.07) is 11.6. The van der Waals surface area contributed by atoms with Crippen LogP contribution < -0.4 is 5.32 Å². The van der Waals surface area contributed by atoms with Crippen LogP contribution in [0.25, 0.3) is 10.8 Å². The van der Waals surface area contributed by atoms with Crippen LogP contribution >= 0.6 is 0 Å². The second kappa shape index (κ2) is 5.81. The largest absolute Gasteiger partial charge is 0.317 e. The maximum Gasteiger partial charge on any atom is -0.00406 e. The molecule has 0 heterocycles. The van der Waals surface area contributed by atoms with Gasteiger partial charge in [0, 0.05) is 0 Å². The molecule has 1 nitrogen and oxygen atoms in total. The van der Waals surface area contributed by atoms with Gasteiger partial charge in [-0.15, -0.1) is 0 Å². The van der Waals surface area contributed by atoms with Crippen molar-refractivity contribution >= 4 is 10.8 Å². The zero-order valence-corrected chi connectivity index (χ0v) is 13.6. The Kier molecular flexibility index (Phi) is 4.03. The second-order valence-corrected chi connectivity index (χ2v) is 7.00. The molecule has 112 valence electrons. The molecule has 0 fully saturated rings. The van der Waals surface area contributed by atoms with Gasteiger partial charge in [0.1, 0.15) is 0 Å². The average molecular weight is 281 g/mol. The molecule has 0 aromatic heterocycles. The predicted molar refractivity (Wildman–Crippen MR) is 92.2 cm³/mol. The lowest BCUT2D eigenvalue weighted by atomic mass is 9.78. The molecule has 1 aliphatic carbocycles. The maximum absolute atomic E-state index is 3.54. The van der Waals surface area contributed by atoms with Crippen molar-refractivity contribution in [3.8, 4) is 0 Å². The maximum atomic E-state index is 3.54. The lowest BCUT2D eigenvalue weighted by Gasteiger charge is -2.27. The average Bonchev–Trinajstić information content (AvgIpc) is 2.89. The molecule has 0 atom stereocenters. The Morgan fingerprint density at radius 2 is 1.76 bits per heavy atom. The van der Waals surface area contributed by atoms with E-state index in [0.717, 1.165) is 13.1 Å². The molecule has 1 aliphatic rings. The van der Waals surface area contributed by atoms with Gasteiger partial charge in [0.2, 0.25) is 0 Å². The minimum atomic E-state index is 0.223. The van der Waals surface area contributed by atoms with Gasteiger partial charge in [-0.05, 0) is 71.7 Å². The minimum Gasteiger partial charge on any atom is -0.317 e. The first kappa shape index (κ1) is 14.6. The number of benzene rings is 2. The molecule has 2 aromatic carbocycles. The molecule has 0 amide bonds. The molecule has 2 aromatic rings. The van der Waals surface area contributed by atoms with E-state index in [-0.39, 0.29) is 5.41 Å². The van der Waals surface area contributed by atoms with Crippen LogP contribution in [-0.2, 0) is 18.3 Å². The monoisotopic (exact) mass is 281 g/mol. The third-order valence-corrected chi connectivity index (χ3v) is 4.96. The zero-order valence-electron chi connectivity index (χ0n) is 13.6. The van der Waals surface area contributed by atoms with Gasteiger partial charge in [0.25, 0.3) is 0 Å². The fraction of sp³-hybridized carbons (Fsp3) is 0.500. The summed E-state index contributed by atoms with van der Waals surface area (Å²) in [7, 11) is 0. The van der Waals surface area contributed by atoms with Crippen molar-refractivity contribution in [1.82, 2.24) is 5.32 Å². The van der Waals surface area contributed by atoms with E-state index in [1.54, 1.807) is 16.5 Å². The summed E-state index contributed by atoms with van der Waals surface area (Å²) in [6.45, 7) is 9.23. The first-order valence-electron chi connectivity index (χ1n) is 8.38. The van der Waals surface area contributed by atoms with Crippen LogP contribution in [0.1, 0.15) is 50.3 Å². The van der Waals surface area contributed by atoms with E-state index in [4.69, 9.17) is 0 Å². The Balaban J connectivity index is 1.93. The third-order valence-electron chi connectivity index (χ3n) is 4.96. The lowest BCUT2D eigenvalue weighted by Crippen LogP contribution is -2.26. The topological polar surface area (TPSA) is 12.0 Å². The van der Waals surface area contributed by atoms with Crippen LogP contribution in [0.2, 0.25) is 0 Å². The molecule has 0 bridgehead atoms. The van der Waals surface area contributed by atoms with E-state index in [1.165, 1.54) is 36.6 Å². The first-order chi connectivity index (χ1) is 10.1. The summed E-state index contributed by atoms with van der Waals surface area (Å²) in [4.78, 5) is 0. The standard InChI is InChI=1S/C20H27N/c1-4-13-21-14-12-20(2,3)18-11-10-16-9-8-15-6-5-7-17(18)19(15)16/h5-7,10-11,21H,4,8-9,12-14H2,1-3H3. The van der Waals surface area contributed by atoms with Crippen molar-refractivity contribution < 1.29 is 0 Å².